The fraction of sp³-hybridized carbons (Fsp3) is 0.278. The summed E-state index contributed by atoms with van der Waals surface area (Å²) in [6.07, 6.45) is -0.0378. The third-order valence-corrected chi connectivity index (χ3v) is 6.55. The van der Waals surface area contributed by atoms with Gasteiger partial charge in [0.2, 0.25) is 10.0 Å². The third kappa shape index (κ3) is 4.77. The Morgan fingerprint density at radius 3 is 2.26 bits per heavy atom. The first kappa shape index (κ1) is 21.1. The zero-order valence-electron chi connectivity index (χ0n) is 16.0. The summed E-state index contributed by atoms with van der Waals surface area (Å²) < 4.78 is 69.2. The predicted molar refractivity (Wildman–Crippen MR) is 103 cm³/mol. The number of ether oxygens (including phenoxy) is 1. The SMILES string of the molecule is O=S(=O)(c1ccc(OC(F)(F)F)cc1)N1CCN(c2cc(-n3cccn3)ncn2)CC1. The van der Waals surface area contributed by atoms with Crippen LogP contribution in [0, 0.1) is 0 Å². The molecule has 3 heterocycles. The lowest BCUT2D eigenvalue weighted by Crippen LogP contribution is -2.48. The molecule has 1 fully saturated rings. The zero-order valence-corrected chi connectivity index (χ0v) is 16.8. The van der Waals surface area contributed by atoms with Gasteiger partial charge in [0, 0.05) is 44.6 Å². The molecule has 13 heteroatoms. The molecule has 9 nitrogen and oxygen atoms in total. The van der Waals surface area contributed by atoms with E-state index in [1.54, 1.807) is 29.2 Å². The highest BCUT2D eigenvalue weighted by Gasteiger charge is 2.32. The van der Waals surface area contributed by atoms with Gasteiger partial charge in [-0.2, -0.15) is 9.40 Å². The number of alkyl halides is 3. The number of benzene rings is 1. The second kappa shape index (κ2) is 8.15. The van der Waals surface area contributed by atoms with E-state index >= 15 is 0 Å². The molecule has 0 spiro atoms. The Hall–Kier alpha value is -3.19. The lowest BCUT2D eigenvalue weighted by molar-refractivity contribution is -0.274. The van der Waals surface area contributed by atoms with Crippen molar-refractivity contribution in [3.63, 3.8) is 0 Å². The van der Waals surface area contributed by atoms with Gasteiger partial charge in [-0.15, -0.1) is 13.2 Å². The molecule has 0 amide bonds. The number of piperazine rings is 1. The molecule has 1 aliphatic heterocycles. The predicted octanol–water partition coefficient (Wildman–Crippen LogP) is 2.07. The second-order valence-electron chi connectivity index (χ2n) is 6.60. The number of hydrogen-bond donors (Lipinski definition) is 0. The van der Waals surface area contributed by atoms with E-state index in [2.05, 4.69) is 19.8 Å². The molecule has 0 bridgehead atoms. The van der Waals surface area contributed by atoms with Gasteiger partial charge >= 0.3 is 6.36 Å². The highest BCUT2D eigenvalue weighted by molar-refractivity contribution is 7.89. The first-order chi connectivity index (χ1) is 14.7. The van der Waals surface area contributed by atoms with E-state index in [1.807, 2.05) is 4.90 Å². The lowest BCUT2D eigenvalue weighted by atomic mass is 10.3. The fourth-order valence-electron chi connectivity index (χ4n) is 3.16. The summed E-state index contributed by atoms with van der Waals surface area (Å²) >= 11 is 0. The van der Waals surface area contributed by atoms with Crippen LogP contribution < -0.4 is 9.64 Å². The molecule has 0 saturated carbocycles. The smallest absolute Gasteiger partial charge is 0.406 e. The number of aromatic nitrogens is 4. The van der Waals surface area contributed by atoms with E-state index in [0.29, 0.717) is 24.7 Å². The minimum atomic E-state index is -4.84. The maximum Gasteiger partial charge on any atom is 0.573 e. The average molecular weight is 454 g/mol. The van der Waals surface area contributed by atoms with Crippen LogP contribution in [0.5, 0.6) is 5.75 Å². The standard InChI is InChI=1S/C18H17F3N6O3S/c19-18(20,21)30-14-2-4-15(5-3-14)31(28,29)26-10-8-25(9-11-26)16-12-17(23-13-22-16)27-7-1-6-24-27/h1-7,12-13H,8-11H2. The molecule has 0 radical (unpaired) electrons. The van der Waals surface area contributed by atoms with E-state index < -0.39 is 22.1 Å². The van der Waals surface area contributed by atoms with Gasteiger partial charge in [0.15, 0.2) is 5.82 Å². The van der Waals surface area contributed by atoms with Crippen LogP contribution in [0.25, 0.3) is 5.82 Å². The topological polar surface area (TPSA) is 93.5 Å². The van der Waals surface area contributed by atoms with Crippen LogP contribution in [0.15, 0.2) is 60.0 Å². The van der Waals surface area contributed by atoms with Crippen LogP contribution in [-0.4, -0.2) is 65.0 Å². The summed E-state index contributed by atoms with van der Waals surface area (Å²) in [5.74, 6) is 0.755. The molecule has 0 unspecified atom stereocenters. The van der Waals surface area contributed by atoms with Gasteiger partial charge in [0.1, 0.15) is 17.9 Å². The summed E-state index contributed by atoms with van der Waals surface area (Å²) in [5.41, 5.74) is 0. The van der Waals surface area contributed by atoms with Gasteiger partial charge in [0.05, 0.1) is 4.90 Å². The van der Waals surface area contributed by atoms with E-state index in [9.17, 15) is 21.6 Å². The number of nitrogens with zero attached hydrogens (tertiary/aromatic N) is 6. The minimum absolute atomic E-state index is 0.0986. The van der Waals surface area contributed by atoms with Crippen molar-refractivity contribution in [1.29, 1.82) is 0 Å². The Morgan fingerprint density at radius 1 is 0.968 bits per heavy atom. The van der Waals surface area contributed by atoms with Crippen molar-refractivity contribution >= 4 is 15.8 Å². The van der Waals surface area contributed by atoms with Crippen LogP contribution in [0.3, 0.4) is 0 Å². The minimum Gasteiger partial charge on any atom is -0.406 e. The first-order valence-electron chi connectivity index (χ1n) is 9.15. The van der Waals surface area contributed by atoms with Crippen molar-refractivity contribution < 1.29 is 26.3 Å². The molecular weight excluding hydrogens is 437 g/mol. The normalized spacial score (nSPS) is 15.8. The molecule has 0 aliphatic carbocycles. The molecule has 0 N–H and O–H groups in total. The molecule has 1 aromatic carbocycles. The molecule has 0 atom stereocenters. The first-order valence-corrected chi connectivity index (χ1v) is 10.6. The maximum atomic E-state index is 12.8. The summed E-state index contributed by atoms with van der Waals surface area (Å²) in [5, 5.41) is 4.13. The van der Waals surface area contributed by atoms with Crippen LogP contribution in [0.4, 0.5) is 19.0 Å². The Morgan fingerprint density at radius 2 is 1.65 bits per heavy atom. The van der Waals surface area contributed by atoms with E-state index in [1.165, 1.54) is 10.6 Å². The molecule has 31 heavy (non-hydrogen) atoms. The largest absolute Gasteiger partial charge is 0.573 e. The Bertz CT molecular complexity index is 1130. The van der Waals surface area contributed by atoms with Crippen LogP contribution >= 0.6 is 0 Å². The van der Waals surface area contributed by atoms with E-state index in [4.69, 9.17) is 0 Å². The monoisotopic (exact) mass is 454 g/mol. The Kier molecular flexibility index (Phi) is 5.54. The van der Waals surface area contributed by atoms with Crippen molar-refractivity contribution in [3.8, 4) is 11.6 Å². The molecule has 3 aromatic rings. The van der Waals surface area contributed by atoms with Gasteiger partial charge < -0.3 is 9.64 Å². The number of halogens is 3. The van der Waals surface area contributed by atoms with Crippen molar-refractivity contribution in [3.05, 3.63) is 55.1 Å². The number of sulfonamides is 1. The summed E-state index contributed by atoms with van der Waals surface area (Å²) in [4.78, 5) is 10.3. The fourth-order valence-corrected chi connectivity index (χ4v) is 4.58. The summed E-state index contributed by atoms with van der Waals surface area (Å²) in [6, 6.07) is 7.69. The van der Waals surface area contributed by atoms with E-state index in [-0.39, 0.29) is 18.0 Å². The number of anilines is 1. The molecule has 1 saturated heterocycles. The van der Waals surface area contributed by atoms with Crippen LogP contribution in [0.2, 0.25) is 0 Å². The quantitative estimate of drug-likeness (QED) is 0.583. The van der Waals surface area contributed by atoms with Gasteiger partial charge in [-0.1, -0.05) is 0 Å². The molecule has 4 rings (SSSR count). The highest BCUT2D eigenvalue weighted by atomic mass is 32.2. The molecule has 1 aliphatic rings. The summed E-state index contributed by atoms with van der Waals surface area (Å²) in [6.45, 7) is 1.18. The van der Waals surface area contributed by atoms with E-state index in [0.717, 1.165) is 24.3 Å². The number of hydrogen-bond acceptors (Lipinski definition) is 7. The maximum absolute atomic E-state index is 12.8. The van der Waals surface area contributed by atoms with Crippen LogP contribution in [-0.2, 0) is 10.0 Å². The summed E-state index contributed by atoms with van der Waals surface area (Å²) in [7, 11) is -3.85. The zero-order chi connectivity index (χ0) is 22.1. The van der Waals surface area contributed by atoms with Crippen molar-refractivity contribution in [2.24, 2.45) is 0 Å². The highest BCUT2D eigenvalue weighted by Crippen LogP contribution is 2.26. The van der Waals surface area contributed by atoms with Gasteiger partial charge in [-0.3, -0.25) is 0 Å². The van der Waals surface area contributed by atoms with Gasteiger partial charge in [0.25, 0.3) is 0 Å². The average Bonchev–Trinajstić information content (AvgIpc) is 3.28. The lowest BCUT2D eigenvalue weighted by Gasteiger charge is -2.34. The Balaban J connectivity index is 1.43. The molecule has 164 valence electrons. The van der Waals surface area contributed by atoms with Crippen molar-refractivity contribution in [2.75, 3.05) is 31.1 Å². The van der Waals surface area contributed by atoms with Gasteiger partial charge in [-0.25, -0.2) is 23.1 Å². The van der Waals surface area contributed by atoms with Crippen molar-refractivity contribution in [1.82, 2.24) is 24.1 Å². The molecule has 2 aromatic heterocycles. The second-order valence-corrected chi connectivity index (χ2v) is 8.53. The van der Waals surface area contributed by atoms with Crippen LogP contribution in [0.1, 0.15) is 0 Å². The Labute approximate surface area is 175 Å². The van der Waals surface area contributed by atoms with Crippen molar-refractivity contribution in [2.45, 2.75) is 11.3 Å². The third-order valence-electron chi connectivity index (χ3n) is 4.64. The molecular formula is C18H17F3N6O3S. The van der Waals surface area contributed by atoms with Gasteiger partial charge in [-0.05, 0) is 30.3 Å². The number of rotatable bonds is 5.